The van der Waals surface area contributed by atoms with Crippen molar-refractivity contribution in [2.24, 2.45) is 5.73 Å². The minimum atomic E-state index is 0.783. The predicted molar refractivity (Wildman–Crippen MR) is 81.5 cm³/mol. The van der Waals surface area contributed by atoms with E-state index in [0.717, 1.165) is 19.4 Å². The van der Waals surface area contributed by atoms with E-state index in [4.69, 9.17) is 5.73 Å². The van der Waals surface area contributed by atoms with Crippen LogP contribution in [0.2, 0.25) is 0 Å². The van der Waals surface area contributed by atoms with Gasteiger partial charge in [0.1, 0.15) is 0 Å². The van der Waals surface area contributed by atoms with E-state index in [1.165, 1.54) is 50.3 Å². The number of likely N-dealkylation sites (N-methyl/N-ethyl adjacent to an activating group) is 1. The highest BCUT2D eigenvalue weighted by Gasteiger charge is 2.12. The van der Waals surface area contributed by atoms with Gasteiger partial charge in [-0.1, -0.05) is 24.3 Å². The number of piperazine rings is 1. The van der Waals surface area contributed by atoms with Crippen molar-refractivity contribution in [3.8, 4) is 0 Å². The van der Waals surface area contributed by atoms with E-state index in [2.05, 4.69) is 41.1 Å². The molecular weight excluding hydrogens is 234 g/mol. The first-order valence-electron chi connectivity index (χ1n) is 7.47. The zero-order valence-electron chi connectivity index (χ0n) is 12.1. The van der Waals surface area contributed by atoms with Crippen LogP contribution in [0.3, 0.4) is 0 Å². The molecule has 1 heterocycles. The van der Waals surface area contributed by atoms with E-state index < -0.39 is 0 Å². The highest BCUT2D eigenvalue weighted by Crippen LogP contribution is 2.08. The van der Waals surface area contributed by atoms with E-state index >= 15 is 0 Å². The Bertz CT molecular complexity index is 353. The Morgan fingerprint density at radius 1 is 0.947 bits per heavy atom. The summed E-state index contributed by atoms with van der Waals surface area (Å²) in [5, 5.41) is 0. The van der Waals surface area contributed by atoms with Gasteiger partial charge in [0.15, 0.2) is 0 Å². The van der Waals surface area contributed by atoms with Gasteiger partial charge in [-0.3, -0.25) is 0 Å². The third-order valence-electron chi connectivity index (χ3n) is 4.01. The Labute approximate surface area is 117 Å². The maximum absolute atomic E-state index is 5.54. The Balaban J connectivity index is 1.73. The van der Waals surface area contributed by atoms with Gasteiger partial charge < -0.3 is 15.5 Å². The first kappa shape index (κ1) is 14.5. The third kappa shape index (κ3) is 4.94. The Morgan fingerprint density at radius 2 is 1.53 bits per heavy atom. The highest BCUT2D eigenvalue weighted by atomic mass is 15.2. The van der Waals surface area contributed by atoms with Crippen LogP contribution in [0.1, 0.15) is 17.5 Å². The Kier molecular flexibility index (Phi) is 5.83. The van der Waals surface area contributed by atoms with Crippen LogP contribution in [0.15, 0.2) is 24.3 Å². The van der Waals surface area contributed by atoms with E-state index in [9.17, 15) is 0 Å². The molecule has 1 aromatic carbocycles. The highest BCUT2D eigenvalue weighted by molar-refractivity contribution is 5.22. The van der Waals surface area contributed by atoms with Crippen LogP contribution in [-0.4, -0.2) is 56.1 Å². The van der Waals surface area contributed by atoms with Crippen molar-refractivity contribution in [1.82, 2.24) is 9.80 Å². The summed E-state index contributed by atoms with van der Waals surface area (Å²) in [7, 11) is 2.21. The maximum atomic E-state index is 5.54. The molecule has 3 heteroatoms. The van der Waals surface area contributed by atoms with Crippen molar-refractivity contribution in [3.05, 3.63) is 35.4 Å². The number of hydrogen-bond donors (Lipinski definition) is 1. The smallest absolute Gasteiger partial charge is 0.0110 e. The van der Waals surface area contributed by atoms with Gasteiger partial charge in [0.2, 0.25) is 0 Å². The van der Waals surface area contributed by atoms with E-state index in [1.807, 2.05) is 0 Å². The molecule has 0 atom stereocenters. The zero-order valence-corrected chi connectivity index (χ0v) is 12.1. The fraction of sp³-hybridized carbons (Fsp3) is 0.625. The van der Waals surface area contributed by atoms with Gasteiger partial charge in [0.25, 0.3) is 0 Å². The van der Waals surface area contributed by atoms with Crippen LogP contribution in [0.5, 0.6) is 0 Å². The monoisotopic (exact) mass is 261 g/mol. The lowest BCUT2D eigenvalue weighted by molar-refractivity contribution is 0.155. The zero-order chi connectivity index (χ0) is 13.5. The molecule has 0 bridgehead atoms. The molecule has 2 N–H and O–H groups in total. The molecule has 0 aromatic heterocycles. The quantitative estimate of drug-likeness (QED) is 0.839. The SMILES string of the molecule is CN1CCN(CCc2ccc(CCCN)cc2)CC1. The van der Waals surface area contributed by atoms with Gasteiger partial charge in [0, 0.05) is 32.7 Å². The number of aryl methyl sites for hydroxylation is 1. The summed E-state index contributed by atoms with van der Waals surface area (Å²) in [6.07, 6.45) is 3.36. The van der Waals surface area contributed by atoms with Crippen LogP contribution >= 0.6 is 0 Å². The van der Waals surface area contributed by atoms with Crippen LogP contribution in [0.25, 0.3) is 0 Å². The molecule has 2 rings (SSSR count). The Morgan fingerprint density at radius 3 is 2.11 bits per heavy atom. The first-order chi connectivity index (χ1) is 9.28. The van der Waals surface area contributed by atoms with Gasteiger partial charge in [-0.2, -0.15) is 0 Å². The molecule has 1 aliphatic rings. The fourth-order valence-electron chi connectivity index (χ4n) is 2.54. The van der Waals surface area contributed by atoms with Crippen LogP contribution in [0, 0.1) is 0 Å². The lowest BCUT2D eigenvalue weighted by Crippen LogP contribution is -2.45. The standard InChI is InChI=1S/C16H27N3/c1-18-11-13-19(14-12-18)10-8-16-6-4-15(5-7-16)3-2-9-17/h4-7H,2-3,8-14,17H2,1H3. The molecule has 3 nitrogen and oxygen atoms in total. The molecule has 0 aliphatic carbocycles. The summed E-state index contributed by atoms with van der Waals surface area (Å²) in [4.78, 5) is 4.98. The normalized spacial score (nSPS) is 17.8. The average Bonchev–Trinajstić information content (AvgIpc) is 2.46. The summed E-state index contributed by atoms with van der Waals surface area (Å²) < 4.78 is 0. The summed E-state index contributed by atoms with van der Waals surface area (Å²) >= 11 is 0. The number of nitrogens with two attached hydrogens (primary N) is 1. The van der Waals surface area contributed by atoms with E-state index in [1.54, 1.807) is 0 Å². The van der Waals surface area contributed by atoms with Crippen molar-refractivity contribution in [3.63, 3.8) is 0 Å². The van der Waals surface area contributed by atoms with E-state index in [-0.39, 0.29) is 0 Å². The molecule has 0 radical (unpaired) electrons. The largest absolute Gasteiger partial charge is 0.330 e. The van der Waals surface area contributed by atoms with Crippen molar-refractivity contribution in [1.29, 1.82) is 0 Å². The third-order valence-corrected chi connectivity index (χ3v) is 4.01. The predicted octanol–water partition coefficient (Wildman–Crippen LogP) is 1.37. The van der Waals surface area contributed by atoms with Crippen LogP contribution in [-0.2, 0) is 12.8 Å². The molecule has 19 heavy (non-hydrogen) atoms. The lowest BCUT2D eigenvalue weighted by atomic mass is 10.1. The lowest BCUT2D eigenvalue weighted by Gasteiger charge is -2.32. The molecular formula is C16H27N3. The Hall–Kier alpha value is -0.900. The van der Waals surface area contributed by atoms with Gasteiger partial charge in [0.05, 0.1) is 0 Å². The minimum absolute atomic E-state index is 0.783. The summed E-state index contributed by atoms with van der Waals surface area (Å²) in [5.74, 6) is 0. The molecule has 1 aromatic rings. The molecule has 1 aliphatic heterocycles. The van der Waals surface area contributed by atoms with E-state index in [0.29, 0.717) is 0 Å². The molecule has 0 amide bonds. The summed E-state index contributed by atoms with van der Waals surface area (Å²) in [6.45, 7) is 6.81. The minimum Gasteiger partial charge on any atom is -0.330 e. The van der Waals surface area contributed by atoms with Gasteiger partial charge in [-0.05, 0) is 44.0 Å². The first-order valence-corrected chi connectivity index (χ1v) is 7.47. The molecule has 106 valence electrons. The van der Waals surface area contributed by atoms with Crippen molar-refractivity contribution >= 4 is 0 Å². The summed E-state index contributed by atoms with van der Waals surface area (Å²) in [5.41, 5.74) is 8.40. The topological polar surface area (TPSA) is 32.5 Å². The maximum Gasteiger partial charge on any atom is 0.0110 e. The number of benzene rings is 1. The molecule has 0 spiro atoms. The molecule has 1 fully saturated rings. The average molecular weight is 261 g/mol. The second kappa shape index (κ2) is 7.63. The van der Waals surface area contributed by atoms with Crippen LogP contribution in [0.4, 0.5) is 0 Å². The second-order valence-corrected chi connectivity index (χ2v) is 5.60. The second-order valence-electron chi connectivity index (χ2n) is 5.60. The van der Waals surface area contributed by atoms with Gasteiger partial charge in [-0.25, -0.2) is 0 Å². The number of rotatable bonds is 6. The molecule has 1 saturated heterocycles. The molecule has 0 saturated carbocycles. The van der Waals surface area contributed by atoms with Gasteiger partial charge >= 0.3 is 0 Å². The number of nitrogens with zero attached hydrogens (tertiary/aromatic N) is 2. The van der Waals surface area contributed by atoms with Crippen molar-refractivity contribution in [2.45, 2.75) is 19.3 Å². The van der Waals surface area contributed by atoms with Crippen molar-refractivity contribution < 1.29 is 0 Å². The fourth-order valence-corrected chi connectivity index (χ4v) is 2.54. The van der Waals surface area contributed by atoms with Gasteiger partial charge in [-0.15, -0.1) is 0 Å². The summed E-state index contributed by atoms with van der Waals surface area (Å²) in [6, 6.07) is 9.08. The number of hydrogen-bond acceptors (Lipinski definition) is 3. The van der Waals surface area contributed by atoms with Crippen molar-refractivity contribution in [2.75, 3.05) is 46.3 Å². The van der Waals surface area contributed by atoms with Crippen LogP contribution < -0.4 is 5.73 Å². The molecule has 0 unspecified atom stereocenters.